The van der Waals surface area contributed by atoms with Gasteiger partial charge in [0.25, 0.3) is 10.2 Å². The fourth-order valence-corrected chi connectivity index (χ4v) is 2.39. The zero-order valence-electron chi connectivity index (χ0n) is 11.6. The summed E-state index contributed by atoms with van der Waals surface area (Å²) in [6, 6.07) is 5.24. The highest BCUT2D eigenvalue weighted by Crippen LogP contribution is 2.14. The average Bonchev–Trinajstić information content (AvgIpc) is 2.35. The smallest absolute Gasteiger partial charge is 0.299 e. The minimum absolute atomic E-state index is 0.206. The Balaban J connectivity index is 2.83. The SMILES string of the molecule is COCCNS(=O)(=O)Nc1cc(C)cc(C#CCN)c1. The predicted octanol–water partition coefficient (Wildman–Crippen LogP) is 0.198. The summed E-state index contributed by atoms with van der Waals surface area (Å²) >= 11 is 0. The molecule has 0 radical (unpaired) electrons. The maximum absolute atomic E-state index is 11.8. The largest absolute Gasteiger partial charge is 0.383 e. The number of anilines is 1. The van der Waals surface area contributed by atoms with Gasteiger partial charge in [0.05, 0.1) is 18.8 Å². The van der Waals surface area contributed by atoms with E-state index in [1.54, 1.807) is 12.1 Å². The van der Waals surface area contributed by atoms with E-state index in [9.17, 15) is 8.42 Å². The third-order valence-corrected chi connectivity index (χ3v) is 3.35. The number of benzene rings is 1. The summed E-state index contributed by atoms with van der Waals surface area (Å²) in [5.41, 5.74) is 7.39. The molecule has 0 saturated heterocycles. The summed E-state index contributed by atoms with van der Waals surface area (Å²) in [5, 5.41) is 0. The average molecular weight is 297 g/mol. The van der Waals surface area contributed by atoms with Gasteiger partial charge >= 0.3 is 0 Å². The minimum Gasteiger partial charge on any atom is -0.383 e. The van der Waals surface area contributed by atoms with Gasteiger partial charge in [0.15, 0.2) is 0 Å². The second-order valence-corrected chi connectivity index (χ2v) is 5.59. The molecular formula is C13H19N3O3S. The van der Waals surface area contributed by atoms with Crippen LogP contribution in [-0.4, -0.2) is 35.2 Å². The van der Waals surface area contributed by atoms with Crippen LogP contribution in [-0.2, 0) is 14.9 Å². The molecule has 1 aromatic rings. The Labute approximate surface area is 119 Å². The topological polar surface area (TPSA) is 93.4 Å². The molecule has 20 heavy (non-hydrogen) atoms. The summed E-state index contributed by atoms with van der Waals surface area (Å²) < 4.78 is 33.2. The van der Waals surface area contributed by atoms with Crippen molar-refractivity contribution in [1.82, 2.24) is 4.72 Å². The van der Waals surface area contributed by atoms with Crippen LogP contribution in [0.2, 0.25) is 0 Å². The zero-order valence-corrected chi connectivity index (χ0v) is 12.4. The van der Waals surface area contributed by atoms with Gasteiger partial charge in [-0.05, 0) is 30.7 Å². The molecule has 6 nitrogen and oxygen atoms in total. The highest BCUT2D eigenvalue weighted by molar-refractivity contribution is 7.90. The first-order chi connectivity index (χ1) is 9.46. The van der Waals surface area contributed by atoms with E-state index in [1.807, 2.05) is 13.0 Å². The van der Waals surface area contributed by atoms with Gasteiger partial charge in [-0.25, -0.2) is 0 Å². The summed E-state index contributed by atoms with van der Waals surface area (Å²) in [6.07, 6.45) is 0. The first-order valence-electron chi connectivity index (χ1n) is 6.04. The molecule has 0 aliphatic carbocycles. The molecule has 0 fully saturated rings. The number of nitrogens with two attached hydrogens (primary N) is 1. The molecule has 0 amide bonds. The van der Waals surface area contributed by atoms with Crippen molar-refractivity contribution in [2.45, 2.75) is 6.92 Å². The quantitative estimate of drug-likeness (QED) is 0.516. The van der Waals surface area contributed by atoms with E-state index in [1.165, 1.54) is 7.11 Å². The van der Waals surface area contributed by atoms with Crippen LogP contribution in [0.5, 0.6) is 0 Å². The molecule has 0 bridgehead atoms. The van der Waals surface area contributed by atoms with Gasteiger partial charge in [0.2, 0.25) is 0 Å². The fraction of sp³-hybridized carbons (Fsp3) is 0.385. The molecule has 7 heteroatoms. The lowest BCUT2D eigenvalue weighted by Crippen LogP contribution is -2.32. The summed E-state index contributed by atoms with van der Waals surface area (Å²) in [6.45, 7) is 2.64. The third-order valence-electron chi connectivity index (χ3n) is 2.26. The van der Waals surface area contributed by atoms with E-state index in [-0.39, 0.29) is 13.1 Å². The number of ether oxygens (including phenoxy) is 1. The zero-order chi connectivity index (χ0) is 15.0. The third kappa shape index (κ3) is 6.04. The molecule has 0 spiro atoms. The van der Waals surface area contributed by atoms with Crippen molar-refractivity contribution in [1.29, 1.82) is 0 Å². The van der Waals surface area contributed by atoms with E-state index < -0.39 is 10.2 Å². The van der Waals surface area contributed by atoms with Crippen molar-refractivity contribution in [2.75, 3.05) is 31.5 Å². The molecule has 0 aliphatic rings. The van der Waals surface area contributed by atoms with E-state index in [0.717, 1.165) is 5.56 Å². The van der Waals surface area contributed by atoms with Gasteiger partial charge < -0.3 is 10.5 Å². The van der Waals surface area contributed by atoms with Gasteiger partial charge in [0, 0.05) is 19.2 Å². The van der Waals surface area contributed by atoms with Crippen molar-refractivity contribution in [3.05, 3.63) is 29.3 Å². The predicted molar refractivity (Wildman–Crippen MR) is 79.5 cm³/mol. The van der Waals surface area contributed by atoms with E-state index in [0.29, 0.717) is 17.9 Å². The molecule has 0 unspecified atom stereocenters. The van der Waals surface area contributed by atoms with Crippen molar-refractivity contribution in [3.8, 4) is 11.8 Å². The normalized spacial score (nSPS) is 10.8. The molecule has 1 aromatic carbocycles. The number of methoxy groups -OCH3 is 1. The van der Waals surface area contributed by atoms with E-state index in [4.69, 9.17) is 10.5 Å². The Morgan fingerprint density at radius 3 is 2.75 bits per heavy atom. The van der Waals surface area contributed by atoms with Crippen LogP contribution in [0.25, 0.3) is 0 Å². The van der Waals surface area contributed by atoms with Crippen molar-refractivity contribution in [2.24, 2.45) is 5.73 Å². The van der Waals surface area contributed by atoms with Crippen LogP contribution in [0.1, 0.15) is 11.1 Å². The molecule has 0 aromatic heterocycles. The second-order valence-electron chi connectivity index (χ2n) is 4.09. The number of rotatable bonds is 6. The Kier molecular flexibility index (Phi) is 6.48. The Morgan fingerprint density at radius 1 is 1.35 bits per heavy atom. The highest BCUT2D eigenvalue weighted by atomic mass is 32.2. The first kappa shape index (κ1) is 16.5. The van der Waals surface area contributed by atoms with E-state index in [2.05, 4.69) is 21.3 Å². The van der Waals surface area contributed by atoms with Gasteiger partial charge in [-0.15, -0.1) is 0 Å². The number of hydrogen-bond donors (Lipinski definition) is 3. The number of aryl methyl sites for hydroxylation is 1. The minimum atomic E-state index is -3.61. The molecular weight excluding hydrogens is 278 g/mol. The van der Waals surface area contributed by atoms with Crippen LogP contribution in [0.4, 0.5) is 5.69 Å². The van der Waals surface area contributed by atoms with Gasteiger partial charge in [-0.1, -0.05) is 11.8 Å². The van der Waals surface area contributed by atoms with E-state index >= 15 is 0 Å². The summed E-state index contributed by atoms with van der Waals surface area (Å²) in [5.74, 6) is 5.61. The standard InChI is InChI=1S/C13H19N3O3S/c1-11-8-12(4-3-5-14)10-13(9-11)16-20(17,18)15-6-7-19-2/h8-10,15-16H,5-7,14H2,1-2H3. The second kappa shape index (κ2) is 7.87. The summed E-state index contributed by atoms with van der Waals surface area (Å²) in [4.78, 5) is 0. The van der Waals surface area contributed by atoms with Crippen molar-refractivity contribution in [3.63, 3.8) is 0 Å². The highest BCUT2D eigenvalue weighted by Gasteiger charge is 2.09. The first-order valence-corrected chi connectivity index (χ1v) is 7.52. The lowest BCUT2D eigenvalue weighted by molar-refractivity contribution is 0.204. The van der Waals surface area contributed by atoms with Gasteiger partial charge in [-0.2, -0.15) is 13.1 Å². The fourth-order valence-electron chi connectivity index (χ4n) is 1.54. The Hall–Kier alpha value is -1.59. The molecule has 110 valence electrons. The number of nitrogens with one attached hydrogen (secondary N) is 2. The molecule has 4 N–H and O–H groups in total. The Morgan fingerprint density at radius 2 is 2.10 bits per heavy atom. The molecule has 1 rings (SSSR count). The van der Waals surface area contributed by atoms with Crippen LogP contribution in [0.15, 0.2) is 18.2 Å². The maximum Gasteiger partial charge on any atom is 0.299 e. The van der Waals surface area contributed by atoms with Crippen LogP contribution in [0, 0.1) is 18.8 Å². The lowest BCUT2D eigenvalue weighted by Gasteiger charge is -2.10. The summed E-state index contributed by atoms with van der Waals surface area (Å²) in [7, 11) is -2.11. The molecule has 0 saturated carbocycles. The monoisotopic (exact) mass is 297 g/mol. The van der Waals surface area contributed by atoms with Gasteiger partial charge in [-0.3, -0.25) is 4.72 Å². The number of hydrogen-bond acceptors (Lipinski definition) is 4. The maximum atomic E-state index is 11.8. The van der Waals surface area contributed by atoms with Gasteiger partial charge in [0.1, 0.15) is 0 Å². The Bertz CT molecular complexity index is 603. The molecule has 0 atom stereocenters. The lowest BCUT2D eigenvalue weighted by atomic mass is 10.1. The molecule has 0 heterocycles. The van der Waals surface area contributed by atoms with Crippen LogP contribution < -0.4 is 15.2 Å². The van der Waals surface area contributed by atoms with Crippen LogP contribution in [0.3, 0.4) is 0 Å². The van der Waals surface area contributed by atoms with Crippen molar-refractivity contribution < 1.29 is 13.2 Å². The van der Waals surface area contributed by atoms with Crippen molar-refractivity contribution >= 4 is 15.9 Å². The van der Waals surface area contributed by atoms with Crippen LogP contribution >= 0.6 is 0 Å². The molecule has 0 aliphatic heterocycles.